The molecular formula is C28H32N3O5+. The van der Waals surface area contributed by atoms with Crippen LogP contribution in [0.2, 0.25) is 0 Å². The number of nitrogens with zero attached hydrogens (tertiary/aromatic N) is 2. The number of ether oxygens (including phenoxy) is 1. The second-order valence-electron chi connectivity index (χ2n) is 9.59. The van der Waals surface area contributed by atoms with Crippen molar-refractivity contribution in [2.24, 2.45) is 0 Å². The van der Waals surface area contributed by atoms with Crippen molar-refractivity contribution in [1.82, 2.24) is 4.90 Å². The van der Waals surface area contributed by atoms with Gasteiger partial charge in [-0.2, -0.15) is 0 Å². The van der Waals surface area contributed by atoms with Crippen LogP contribution >= 0.6 is 0 Å². The number of aliphatic hydroxyl groups excluding tert-OH is 1. The van der Waals surface area contributed by atoms with Crippen LogP contribution in [0.15, 0.2) is 70.3 Å². The number of para-hydroxylation sites is 1. The highest BCUT2D eigenvalue weighted by Gasteiger charge is 2.44. The molecule has 1 saturated heterocycles. The van der Waals surface area contributed by atoms with Crippen LogP contribution < -0.4 is 9.80 Å². The van der Waals surface area contributed by atoms with Crippen molar-refractivity contribution in [3.05, 3.63) is 77.3 Å². The molecular weight excluding hydrogens is 458 g/mol. The lowest BCUT2D eigenvalue weighted by atomic mass is 9.94. The number of rotatable bonds is 8. The number of Topliss-reactive ketones (excluding diaryl/α,β-unsaturated/α-hetero) is 1. The van der Waals surface area contributed by atoms with Crippen LogP contribution in [0.1, 0.15) is 28.6 Å². The van der Waals surface area contributed by atoms with Crippen LogP contribution in [-0.4, -0.2) is 75.2 Å². The van der Waals surface area contributed by atoms with Gasteiger partial charge in [0.15, 0.2) is 11.5 Å². The average molecular weight is 491 g/mol. The molecule has 1 fully saturated rings. The van der Waals surface area contributed by atoms with Crippen molar-refractivity contribution in [3.8, 4) is 0 Å². The normalized spacial score (nSPS) is 18.9. The Labute approximate surface area is 210 Å². The number of aliphatic hydroxyl groups is 1. The van der Waals surface area contributed by atoms with E-state index in [0.717, 1.165) is 55.9 Å². The maximum Gasteiger partial charge on any atom is 0.290 e. The molecule has 2 aromatic carbocycles. The molecule has 1 unspecified atom stereocenters. The van der Waals surface area contributed by atoms with E-state index >= 15 is 0 Å². The molecule has 36 heavy (non-hydrogen) atoms. The maximum atomic E-state index is 13.7. The molecule has 188 valence electrons. The van der Waals surface area contributed by atoms with Crippen LogP contribution in [0.3, 0.4) is 0 Å². The molecule has 0 radical (unpaired) electrons. The highest BCUT2D eigenvalue weighted by molar-refractivity contribution is 6.16. The number of hydrogen-bond acceptors (Lipinski definition) is 6. The predicted octanol–water partition coefficient (Wildman–Crippen LogP) is 2.38. The van der Waals surface area contributed by atoms with E-state index in [0.29, 0.717) is 12.1 Å². The summed E-state index contributed by atoms with van der Waals surface area (Å²) in [5.74, 6) is -1.38. The van der Waals surface area contributed by atoms with Gasteiger partial charge < -0.3 is 29.0 Å². The van der Waals surface area contributed by atoms with Crippen molar-refractivity contribution in [3.63, 3.8) is 0 Å². The van der Waals surface area contributed by atoms with Crippen LogP contribution in [-0.2, 0) is 9.53 Å². The highest BCUT2D eigenvalue weighted by Crippen LogP contribution is 2.40. The third-order valence-electron chi connectivity index (χ3n) is 7.05. The van der Waals surface area contributed by atoms with E-state index in [1.807, 2.05) is 61.5 Å². The fraction of sp³-hybridized carbons (Fsp3) is 0.357. The Kier molecular flexibility index (Phi) is 6.80. The summed E-state index contributed by atoms with van der Waals surface area (Å²) in [5.41, 5.74) is 2.43. The van der Waals surface area contributed by atoms with Gasteiger partial charge in [-0.15, -0.1) is 0 Å². The van der Waals surface area contributed by atoms with Crippen molar-refractivity contribution < 1.29 is 28.7 Å². The number of anilines is 1. The Morgan fingerprint density at radius 2 is 1.83 bits per heavy atom. The summed E-state index contributed by atoms with van der Waals surface area (Å²) in [4.78, 5) is 32.0. The zero-order valence-corrected chi connectivity index (χ0v) is 20.7. The SMILES string of the molecule is CN(C)c1ccc(C2C(C(=O)c3cc4ccccc4o3)=C(O)C(=O)N2CCC[NH+]2CCOCC2)cc1. The highest BCUT2D eigenvalue weighted by atomic mass is 16.5. The second-order valence-corrected chi connectivity index (χ2v) is 9.59. The van der Waals surface area contributed by atoms with Crippen LogP contribution in [0.4, 0.5) is 5.69 Å². The quantitative estimate of drug-likeness (QED) is 0.472. The van der Waals surface area contributed by atoms with Crippen molar-refractivity contribution in [2.75, 3.05) is 58.4 Å². The van der Waals surface area contributed by atoms with Gasteiger partial charge in [-0.05, 0) is 29.8 Å². The van der Waals surface area contributed by atoms with Gasteiger partial charge in [-0.1, -0.05) is 30.3 Å². The lowest BCUT2D eigenvalue weighted by Crippen LogP contribution is -3.14. The van der Waals surface area contributed by atoms with Gasteiger partial charge in [-0.3, -0.25) is 9.59 Å². The number of amides is 1. The molecule has 8 heteroatoms. The summed E-state index contributed by atoms with van der Waals surface area (Å²) < 4.78 is 11.3. The number of nitrogens with one attached hydrogen (secondary N) is 1. The molecule has 1 atom stereocenters. The van der Waals surface area contributed by atoms with E-state index in [-0.39, 0.29) is 11.3 Å². The number of furan rings is 1. The number of morpholine rings is 1. The number of carbonyl (C=O) groups excluding carboxylic acids is 2. The zero-order valence-electron chi connectivity index (χ0n) is 20.7. The van der Waals surface area contributed by atoms with E-state index in [9.17, 15) is 14.7 Å². The third kappa shape index (κ3) is 4.62. The van der Waals surface area contributed by atoms with E-state index in [1.54, 1.807) is 17.0 Å². The van der Waals surface area contributed by atoms with Crippen molar-refractivity contribution in [2.45, 2.75) is 12.5 Å². The molecule has 2 aliphatic rings. The molecule has 5 rings (SSSR count). The Balaban J connectivity index is 1.46. The number of carbonyl (C=O) groups is 2. The maximum absolute atomic E-state index is 13.7. The minimum absolute atomic E-state index is 0.0652. The Morgan fingerprint density at radius 3 is 2.53 bits per heavy atom. The first-order chi connectivity index (χ1) is 17.4. The fourth-order valence-corrected chi connectivity index (χ4v) is 5.05. The summed E-state index contributed by atoms with van der Waals surface area (Å²) in [6.07, 6.45) is 0.757. The van der Waals surface area contributed by atoms with E-state index in [2.05, 4.69) is 0 Å². The third-order valence-corrected chi connectivity index (χ3v) is 7.05. The lowest BCUT2D eigenvalue weighted by molar-refractivity contribution is -0.908. The summed E-state index contributed by atoms with van der Waals surface area (Å²) in [7, 11) is 3.91. The van der Waals surface area contributed by atoms with Crippen LogP contribution in [0, 0.1) is 0 Å². The smallest absolute Gasteiger partial charge is 0.290 e. The summed E-state index contributed by atoms with van der Waals surface area (Å²) >= 11 is 0. The molecule has 3 aromatic rings. The topological polar surface area (TPSA) is 87.7 Å². The van der Waals surface area contributed by atoms with Gasteiger partial charge in [0.2, 0.25) is 5.78 Å². The van der Waals surface area contributed by atoms with E-state index in [4.69, 9.17) is 9.15 Å². The number of hydrogen-bond donors (Lipinski definition) is 2. The van der Waals surface area contributed by atoms with Crippen molar-refractivity contribution >= 4 is 28.3 Å². The molecule has 1 aromatic heterocycles. The van der Waals surface area contributed by atoms with Gasteiger partial charge in [0.25, 0.3) is 5.91 Å². The summed E-state index contributed by atoms with van der Waals surface area (Å²) in [6.45, 7) is 4.72. The molecule has 8 nitrogen and oxygen atoms in total. The molecule has 0 aliphatic carbocycles. The number of fused-ring (bicyclic) bond motifs is 1. The lowest BCUT2D eigenvalue weighted by Gasteiger charge is -2.28. The summed E-state index contributed by atoms with van der Waals surface area (Å²) in [6, 6.07) is 16.1. The Bertz CT molecular complexity index is 1260. The molecule has 0 bridgehead atoms. The van der Waals surface area contributed by atoms with Crippen LogP contribution in [0.25, 0.3) is 11.0 Å². The van der Waals surface area contributed by atoms with Gasteiger partial charge >= 0.3 is 0 Å². The second kappa shape index (κ2) is 10.2. The number of ketones is 1. The monoisotopic (exact) mass is 490 g/mol. The van der Waals surface area contributed by atoms with Gasteiger partial charge in [0.05, 0.1) is 31.4 Å². The number of benzene rings is 2. The van der Waals surface area contributed by atoms with Gasteiger partial charge in [0, 0.05) is 38.1 Å². The molecule has 2 aliphatic heterocycles. The molecule has 3 heterocycles. The van der Waals surface area contributed by atoms with Gasteiger partial charge in [-0.25, -0.2) is 0 Å². The first-order valence-corrected chi connectivity index (χ1v) is 12.4. The van der Waals surface area contributed by atoms with Crippen molar-refractivity contribution in [1.29, 1.82) is 0 Å². The minimum atomic E-state index is -0.686. The molecule has 2 N–H and O–H groups in total. The molecule has 0 spiro atoms. The number of quaternary nitrogens is 1. The van der Waals surface area contributed by atoms with Gasteiger partial charge in [0.1, 0.15) is 18.7 Å². The van der Waals surface area contributed by atoms with E-state index < -0.39 is 23.5 Å². The first-order valence-electron chi connectivity index (χ1n) is 12.4. The molecule has 1 amide bonds. The Hall–Kier alpha value is -3.62. The van der Waals surface area contributed by atoms with Crippen LogP contribution in [0.5, 0.6) is 0 Å². The average Bonchev–Trinajstić information content (AvgIpc) is 3.44. The zero-order chi connectivity index (χ0) is 25.2. The largest absolute Gasteiger partial charge is 0.503 e. The minimum Gasteiger partial charge on any atom is -0.503 e. The molecule has 0 saturated carbocycles. The summed E-state index contributed by atoms with van der Waals surface area (Å²) in [5, 5.41) is 11.7. The standard InChI is InChI=1S/C28H31N3O5/c1-29(2)21-10-8-19(9-11-21)25-24(26(32)23-18-20-6-3-4-7-22(20)36-23)27(33)28(34)31(25)13-5-12-30-14-16-35-17-15-30/h3-4,6-11,18,25,33H,5,12-17H2,1-2H3/p+1. The fourth-order valence-electron chi connectivity index (χ4n) is 5.05. The van der Waals surface area contributed by atoms with E-state index in [1.165, 1.54) is 4.90 Å². The predicted molar refractivity (Wildman–Crippen MR) is 136 cm³/mol. The Morgan fingerprint density at radius 1 is 1.11 bits per heavy atom. The first kappa shape index (κ1) is 24.1.